The average molecular weight is 275 g/mol. The van der Waals surface area contributed by atoms with Gasteiger partial charge >= 0.3 is 0 Å². The number of carbonyl (C=O) groups excluding carboxylic acids is 1. The van der Waals surface area contributed by atoms with Crippen LogP contribution in [0.2, 0.25) is 0 Å². The van der Waals surface area contributed by atoms with Gasteiger partial charge in [0.15, 0.2) is 0 Å². The van der Waals surface area contributed by atoms with Gasteiger partial charge in [0.05, 0.1) is 5.69 Å². The average Bonchev–Trinajstić information content (AvgIpc) is 3.09. The lowest BCUT2D eigenvalue weighted by Crippen LogP contribution is -2.21. The minimum Gasteiger partial charge on any atom is -0.311 e. The first-order valence-electron chi connectivity index (χ1n) is 7.90. The summed E-state index contributed by atoms with van der Waals surface area (Å²) in [5.41, 5.74) is 2.18. The number of hydrogen-bond acceptors (Lipinski definition) is 2. The van der Waals surface area contributed by atoms with Gasteiger partial charge < -0.3 is 5.32 Å². The summed E-state index contributed by atoms with van der Waals surface area (Å²) in [6.45, 7) is 4.13. The van der Waals surface area contributed by atoms with Crippen LogP contribution in [0.3, 0.4) is 0 Å². The minimum atomic E-state index is 0.163. The second-order valence-corrected chi connectivity index (χ2v) is 6.58. The highest BCUT2D eigenvalue weighted by Gasteiger charge is 2.40. The predicted molar refractivity (Wildman–Crippen MR) is 79.5 cm³/mol. The van der Waals surface area contributed by atoms with Crippen LogP contribution in [0, 0.1) is 24.7 Å². The van der Waals surface area contributed by atoms with E-state index in [-0.39, 0.29) is 5.91 Å². The second kappa shape index (κ2) is 5.23. The number of nitrogens with zero attached hydrogens (tertiary/aromatic N) is 2. The van der Waals surface area contributed by atoms with Crippen LogP contribution < -0.4 is 5.32 Å². The zero-order valence-corrected chi connectivity index (χ0v) is 12.8. The number of carbonyl (C=O) groups is 1. The number of aryl methyl sites for hydroxylation is 2. The number of fused-ring (bicyclic) bond motifs is 2. The molecule has 1 N–H and O–H groups in total. The van der Waals surface area contributed by atoms with Gasteiger partial charge in [-0.25, -0.2) is 0 Å². The van der Waals surface area contributed by atoms with Gasteiger partial charge in [0.25, 0.3) is 0 Å². The van der Waals surface area contributed by atoms with Crippen LogP contribution in [-0.4, -0.2) is 15.7 Å². The summed E-state index contributed by atoms with van der Waals surface area (Å²) in [5.74, 6) is 3.37. The van der Waals surface area contributed by atoms with Gasteiger partial charge in [-0.1, -0.05) is 13.3 Å². The molecule has 2 aliphatic carbocycles. The molecule has 0 aliphatic heterocycles. The monoisotopic (exact) mass is 275 g/mol. The summed E-state index contributed by atoms with van der Waals surface area (Å²) >= 11 is 0. The molecule has 2 aliphatic rings. The van der Waals surface area contributed by atoms with Crippen molar-refractivity contribution in [3.63, 3.8) is 0 Å². The first kappa shape index (κ1) is 13.7. The first-order chi connectivity index (χ1) is 9.58. The molecule has 1 amide bonds. The Kier molecular flexibility index (Phi) is 3.57. The normalized spacial score (nSPS) is 28.1. The Bertz CT molecular complexity index is 520. The van der Waals surface area contributed by atoms with E-state index in [9.17, 15) is 4.79 Å². The molecule has 20 heavy (non-hydrogen) atoms. The van der Waals surface area contributed by atoms with E-state index < -0.39 is 0 Å². The minimum absolute atomic E-state index is 0.163. The van der Waals surface area contributed by atoms with Crippen molar-refractivity contribution in [3.8, 4) is 0 Å². The second-order valence-electron chi connectivity index (χ2n) is 6.58. The van der Waals surface area contributed by atoms with Crippen LogP contribution in [0.15, 0.2) is 0 Å². The van der Waals surface area contributed by atoms with Crippen molar-refractivity contribution in [2.24, 2.45) is 24.8 Å². The molecular formula is C16H25N3O. The van der Waals surface area contributed by atoms with E-state index in [1.807, 2.05) is 14.0 Å². The molecule has 0 spiro atoms. The van der Waals surface area contributed by atoms with Crippen molar-refractivity contribution in [3.05, 3.63) is 11.3 Å². The first-order valence-corrected chi connectivity index (χ1v) is 7.90. The van der Waals surface area contributed by atoms with Crippen molar-refractivity contribution in [1.29, 1.82) is 0 Å². The Labute approximate surface area is 120 Å². The van der Waals surface area contributed by atoms with Gasteiger partial charge in [-0.3, -0.25) is 9.48 Å². The summed E-state index contributed by atoms with van der Waals surface area (Å²) in [7, 11) is 1.90. The van der Waals surface area contributed by atoms with Gasteiger partial charge in [0, 0.05) is 19.0 Å². The zero-order chi connectivity index (χ0) is 14.3. The van der Waals surface area contributed by atoms with Gasteiger partial charge in [0.2, 0.25) is 5.91 Å². The Hall–Kier alpha value is -1.32. The molecule has 3 rings (SSSR count). The van der Waals surface area contributed by atoms with Crippen LogP contribution in [0.5, 0.6) is 0 Å². The van der Waals surface area contributed by atoms with Crippen molar-refractivity contribution in [2.75, 3.05) is 5.32 Å². The molecule has 1 aromatic heterocycles. The molecule has 0 saturated heterocycles. The number of hydrogen-bond donors (Lipinski definition) is 1. The van der Waals surface area contributed by atoms with E-state index in [1.165, 1.54) is 25.7 Å². The highest BCUT2D eigenvalue weighted by atomic mass is 16.1. The van der Waals surface area contributed by atoms with E-state index >= 15 is 0 Å². The summed E-state index contributed by atoms with van der Waals surface area (Å²) < 4.78 is 1.80. The molecular weight excluding hydrogens is 250 g/mol. The summed E-state index contributed by atoms with van der Waals surface area (Å²) in [4.78, 5) is 12.3. The third kappa shape index (κ3) is 2.36. The van der Waals surface area contributed by atoms with Gasteiger partial charge in [-0.2, -0.15) is 5.10 Å². The van der Waals surface area contributed by atoms with E-state index in [1.54, 1.807) is 4.68 Å². The lowest BCUT2D eigenvalue weighted by Gasteiger charge is -2.21. The number of aromatic nitrogens is 2. The Morgan fingerprint density at radius 1 is 1.40 bits per heavy atom. The fourth-order valence-corrected chi connectivity index (χ4v) is 4.24. The SMILES string of the molecule is CCc1nn(C)c(NC(=O)C[C@@H]2C[C@H]3CC[C@H]2C3)c1C. The van der Waals surface area contributed by atoms with Crippen molar-refractivity contribution >= 4 is 11.7 Å². The lowest BCUT2D eigenvalue weighted by molar-refractivity contribution is -0.117. The third-order valence-corrected chi connectivity index (χ3v) is 5.31. The molecule has 1 heterocycles. The van der Waals surface area contributed by atoms with Crippen LogP contribution in [0.4, 0.5) is 5.82 Å². The Balaban J connectivity index is 1.63. The van der Waals surface area contributed by atoms with E-state index in [0.717, 1.165) is 35.3 Å². The standard InChI is InChI=1S/C16H25N3O/c1-4-14-10(2)16(19(3)18-14)17-15(20)9-13-8-11-5-6-12(13)7-11/h11-13H,4-9H2,1-3H3,(H,17,20)/t11-,12-,13-/m0/s1. The molecule has 0 aromatic carbocycles. The molecule has 0 radical (unpaired) electrons. The number of anilines is 1. The largest absolute Gasteiger partial charge is 0.311 e. The highest BCUT2D eigenvalue weighted by Crippen LogP contribution is 2.49. The molecule has 2 fully saturated rings. The van der Waals surface area contributed by atoms with E-state index in [0.29, 0.717) is 12.3 Å². The molecule has 2 saturated carbocycles. The summed E-state index contributed by atoms with van der Waals surface area (Å²) in [5, 5.41) is 7.53. The van der Waals surface area contributed by atoms with Crippen LogP contribution >= 0.6 is 0 Å². The molecule has 3 atom stereocenters. The van der Waals surface area contributed by atoms with Crippen LogP contribution in [0.1, 0.15) is 50.3 Å². The van der Waals surface area contributed by atoms with Crippen LogP contribution in [0.25, 0.3) is 0 Å². The summed E-state index contributed by atoms with van der Waals surface area (Å²) in [6.07, 6.45) is 6.96. The topological polar surface area (TPSA) is 46.9 Å². The lowest BCUT2D eigenvalue weighted by atomic mass is 9.86. The molecule has 0 unspecified atom stereocenters. The molecule has 4 nitrogen and oxygen atoms in total. The number of nitrogens with one attached hydrogen (secondary N) is 1. The zero-order valence-electron chi connectivity index (χ0n) is 12.8. The van der Waals surface area contributed by atoms with E-state index in [2.05, 4.69) is 17.3 Å². The van der Waals surface area contributed by atoms with Gasteiger partial charge in [-0.05, 0) is 50.4 Å². The maximum atomic E-state index is 12.3. The molecule has 110 valence electrons. The fraction of sp³-hybridized carbons (Fsp3) is 0.750. The van der Waals surface area contributed by atoms with Gasteiger partial charge in [0.1, 0.15) is 5.82 Å². The van der Waals surface area contributed by atoms with E-state index in [4.69, 9.17) is 0 Å². The third-order valence-electron chi connectivity index (χ3n) is 5.31. The smallest absolute Gasteiger partial charge is 0.225 e. The molecule has 2 bridgehead atoms. The number of rotatable bonds is 4. The fourth-order valence-electron chi connectivity index (χ4n) is 4.24. The Morgan fingerprint density at radius 2 is 2.20 bits per heavy atom. The van der Waals surface area contributed by atoms with Crippen LogP contribution in [-0.2, 0) is 18.3 Å². The van der Waals surface area contributed by atoms with Crippen molar-refractivity contribution < 1.29 is 4.79 Å². The number of amides is 1. The maximum Gasteiger partial charge on any atom is 0.225 e. The molecule has 4 heteroatoms. The summed E-state index contributed by atoms with van der Waals surface area (Å²) in [6, 6.07) is 0. The predicted octanol–water partition coefficient (Wildman–Crippen LogP) is 3.06. The molecule has 1 aromatic rings. The van der Waals surface area contributed by atoms with Crippen molar-refractivity contribution in [1.82, 2.24) is 9.78 Å². The quantitative estimate of drug-likeness (QED) is 0.918. The highest BCUT2D eigenvalue weighted by molar-refractivity contribution is 5.90. The van der Waals surface area contributed by atoms with Crippen molar-refractivity contribution in [2.45, 2.75) is 52.4 Å². The Morgan fingerprint density at radius 3 is 2.75 bits per heavy atom. The maximum absolute atomic E-state index is 12.3. The van der Waals surface area contributed by atoms with Gasteiger partial charge in [-0.15, -0.1) is 0 Å².